The molecule has 0 unspecified atom stereocenters. The summed E-state index contributed by atoms with van der Waals surface area (Å²) in [5.41, 5.74) is 0. The van der Waals surface area contributed by atoms with Gasteiger partial charge in [-0.25, -0.2) is 17.9 Å². The number of rotatable bonds is 6. The van der Waals surface area contributed by atoms with Gasteiger partial charge in [-0.1, -0.05) is 17.7 Å². The standard InChI is InChI=1S/C11H12ClNO5S/c1-18-9-7-8(12)4-5-10(9)19(16,17)13-6-2-3-11(14)15/h2-5,7,13H,6H2,1H3,(H,14,15)/b3-2+. The predicted octanol–water partition coefficient (Wildman–Crippen LogP) is 1.27. The Bertz CT molecular complexity index is 597. The van der Waals surface area contributed by atoms with Gasteiger partial charge in [0.2, 0.25) is 10.0 Å². The maximum absolute atomic E-state index is 12.0. The van der Waals surface area contributed by atoms with Gasteiger partial charge in [-0.05, 0) is 12.1 Å². The van der Waals surface area contributed by atoms with Crippen LogP contribution in [-0.2, 0) is 14.8 Å². The minimum Gasteiger partial charge on any atom is -0.495 e. The third kappa shape index (κ3) is 4.55. The van der Waals surface area contributed by atoms with Crippen molar-refractivity contribution in [3.8, 4) is 5.75 Å². The van der Waals surface area contributed by atoms with Gasteiger partial charge in [-0.3, -0.25) is 0 Å². The van der Waals surface area contributed by atoms with Crippen LogP contribution in [0.1, 0.15) is 0 Å². The second-order valence-electron chi connectivity index (χ2n) is 3.39. The Morgan fingerprint density at radius 3 is 2.79 bits per heavy atom. The molecule has 0 saturated heterocycles. The molecule has 1 aromatic carbocycles. The summed E-state index contributed by atoms with van der Waals surface area (Å²) in [5, 5.41) is 8.72. The van der Waals surface area contributed by atoms with E-state index >= 15 is 0 Å². The zero-order chi connectivity index (χ0) is 14.5. The van der Waals surface area contributed by atoms with Gasteiger partial charge in [0.25, 0.3) is 0 Å². The molecule has 0 fully saturated rings. The van der Waals surface area contributed by atoms with Gasteiger partial charge < -0.3 is 9.84 Å². The van der Waals surface area contributed by atoms with E-state index in [0.717, 1.165) is 6.08 Å². The molecule has 6 nitrogen and oxygen atoms in total. The molecule has 104 valence electrons. The third-order valence-electron chi connectivity index (χ3n) is 2.07. The lowest BCUT2D eigenvalue weighted by Gasteiger charge is -2.09. The predicted molar refractivity (Wildman–Crippen MR) is 70.0 cm³/mol. The molecule has 19 heavy (non-hydrogen) atoms. The maximum atomic E-state index is 12.0. The Kier molecular flexibility index (Phi) is 5.34. The van der Waals surface area contributed by atoms with E-state index in [9.17, 15) is 13.2 Å². The second-order valence-corrected chi connectivity index (χ2v) is 5.56. The Hall–Kier alpha value is -1.57. The van der Waals surface area contributed by atoms with Gasteiger partial charge in [0.15, 0.2) is 0 Å². The normalized spacial score (nSPS) is 11.7. The van der Waals surface area contributed by atoms with Crippen LogP contribution in [0.25, 0.3) is 0 Å². The summed E-state index contributed by atoms with van der Waals surface area (Å²) in [6.45, 7) is -0.138. The van der Waals surface area contributed by atoms with Crippen LogP contribution in [-0.4, -0.2) is 33.1 Å². The number of carbonyl (C=O) groups is 1. The number of hydrogen-bond donors (Lipinski definition) is 2. The van der Waals surface area contributed by atoms with Gasteiger partial charge in [0.1, 0.15) is 10.6 Å². The first kappa shape index (κ1) is 15.5. The van der Waals surface area contributed by atoms with Gasteiger partial charge in [-0.15, -0.1) is 0 Å². The summed E-state index contributed by atoms with van der Waals surface area (Å²) < 4.78 is 31.1. The molecule has 0 aliphatic heterocycles. The van der Waals surface area contributed by atoms with Gasteiger partial charge in [0, 0.05) is 23.7 Å². The Morgan fingerprint density at radius 1 is 1.53 bits per heavy atom. The molecule has 0 aliphatic carbocycles. The lowest BCUT2D eigenvalue weighted by Crippen LogP contribution is -2.24. The molecule has 0 atom stereocenters. The fourth-order valence-corrected chi connectivity index (χ4v) is 2.55. The Labute approximate surface area is 115 Å². The van der Waals surface area contributed by atoms with Crippen molar-refractivity contribution in [3.05, 3.63) is 35.4 Å². The number of methoxy groups -OCH3 is 1. The summed E-state index contributed by atoms with van der Waals surface area (Å²) >= 11 is 5.74. The van der Waals surface area contributed by atoms with Gasteiger partial charge >= 0.3 is 5.97 Å². The number of nitrogens with one attached hydrogen (secondary N) is 1. The molecule has 0 aromatic heterocycles. The Morgan fingerprint density at radius 2 is 2.21 bits per heavy atom. The highest BCUT2D eigenvalue weighted by atomic mass is 35.5. The van der Waals surface area contributed by atoms with E-state index in [1.165, 1.54) is 31.4 Å². The molecular formula is C11H12ClNO5S. The molecule has 1 aromatic rings. The van der Waals surface area contributed by atoms with Gasteiger partial charge in [-0.2, -0.15) is 0 Å². The highest BCUT2D eigenvalue weighted by Crippen LogP contribution is 2.26. The lowest BCUT2D eigenvalue weighted by molar-refractivity contribution is -0.131. The minimum atomic E-state index is -3.80. The van der Waals surface area contributed by atoms with Crippen LogP contribution in [0.4, 0.5) is 0 Å². The zero-order valence-corrected chi connectivity index (χ0v) is 11.5. The van der Waals surface area contributed by atoms with Crippen LogP contribution in [0.5, 0.6) is 5.75 Å². The number of sulfonamides is 1. The van der Waals surface area contributed by atoms with Crippen molar-refractivity contribution in [3.63, 3.8) is 0 Å². The van der Waals surface area contributed by atoms with Crippen molar-refractivity contribution in [2.75, 3.05) is 13.7 Å². The summed E-state index contributed by atoms with van der Waals surface area (Å²) in [6.07, 6.45) is 2.03. The Balaban J connectivity index is 2.91. The molecular weight excluding hydrogens is 294 g/mol. The number of hydrogen-bond acceptors (Lipinski definition) is 4. The van der Waals surface area contributed by atoms with Crippen LogP contribution >= 0.6 is 11.6 Å². The molecule has 2 N–H and O–H groups in total. The van der Waals surface area contributed by atoms with Crippen LogP contribution in [0.3, 0.4) is 0 Å². The summed E-state index contributed by atoms with van der Waals surface area (Å²) in [7, 11) is -2.47. The number of ether oxygens (including phenoxy) is 1. The average Bonchev–Trinajstić information content (AvgIpc) is 2.34. The first-order valence-electron chi connectivity index (χ1n) is 5.09. The molecule has 8 heteroatoms. The SMILES string of the molecule is COc1cc(Cl)ccc1S(=O)(=O)NC/C=C/C(=O)O. The van der Waals surface area contributed by atoms with Crippen molar-refractivity contribution in [2.24, 2.45) is 0 Å². The van der Waals surface area contributed by atoms with E-state index in [1.807, 2.05) is 0 Å². The fourth-order valence-electron chi connectivity index (χ4n) is 1.26. The van der Waals surface area contributed by atoms with Crippen molar-refractivity contribution in [1.82, 2.24) is 4.72 Å². The molecule has 0 amide bonds. The second kappa shape index (κ2) is 6.55. The van der Waals surface area contributed by atoms with Gasteiger partial charge in [0.05, 0.1) is 7.11 Å². The highest BCUT2D eigenvalue weighted by molar-refractivity contribution is 7.89. The van der Waals surface area contributed by atoms with Crippen LogP contribution in [0, 0.1) is 0 Å². The maximum Gasteiger partial charge on any atom is 0.328 e. The topological polar surface area (TPSA) is 92.7 Å². The number of carboxylic acid groups (broad SMARTS) is 1. The van der Waals surface area contributed by atoms with Crippen molar-refractivity contribution in [2.45, 2.75) is 4.90 Å². The first-order chi connectivity index (χ1) is 8.86. The molecule has 0 radical (unpaired) electrons. The molecule has 0 spiro atoms. The summed E-state index contributed by atoms with van der Waals surface area (Å²) in [5.74, 6) is -1.04. The minimum absolute atomic E-state index is 0.0666. The third-order valence-corrected chi connectivity index (χ3v) is 3.76. The largest absolute Gasteiger partial charge is 0.495 e. The smallest absolute Gasteiger partial charge is 0.328 e. The van der Waals surface area contributed by atoms with E-state index < -0.39 is 16.0 Å². The lowest BCUT2D eigenvalue weighted by atomic mass is 10.3. The molecule has 0 aliphatic rings. The van der Waals surface area contributed by atoms with Crippen molar-refractivity contribution in [1.29, 1.82) is 0 Å². The molecule has 0 heterocycles. The van der Waals surface area contributed by atoms with Crippen LogP contribution in [0.15, 0.2) is 35.2 Å². The number of halogens is 1. The zero-order valence-electron chi connectivity index (χ0n) is 9.96. The molecule has 0 bridgehead atoms. The first-order valence-corrected chi connectivity index (χ1v) is 6.95. The van der Waals surface area contributed by atoms with E-state index in [2.05, 4.69) is 4.72 Å². The number of aliphatic carboxylic acids is 1. The van der Waals surface area contributed by atoms with Crippen LogP contribution in [0.2, 0.25) is 5.02 Å². The number of benzene rings is 1. The monoisotopic (exact) mass is 305 g/mol. The average molecular weight is 306 g/mol. The molecule has 0 saturated carbocycles. The van der Waals surface area contributed by atoms with Crippen molar-refractivity contribution < 1.29 is 23.1 Å². The molecule has 1 rings (SSSR count). The van der Waals surface area contributed by atoms with Crippen molar-refractivity contribution >= 4 is 27.6 Å². The summed E-state index contributed by atoms with van der Waals surface area (Å²) in [6, 6.07) is 4.11. The van der Waals surface area contributed by atoms with E-state index in [0.29, 0.717) is 5.02 Å². The number of carboxylic acids is 1. The van der Waals surface area contributed by atoms with E-state index in [4.69, 9.17) is 21.4 Å². The highest BCUT2D eigenvalue weighted by Gasteiger charge is 2.18. The summed E-state index contributed by atoms with van der Waals surface area (Å²) in [4.78, 5) is 10.2. The van der Waals surface area contributed by atoms with Crippen LogP contribution < -0.4 is 9.46 Å². The van der Waals surface area contributed by atoms with E-state index in [-0.39, 0.29) is 17.2 Å². The van der Waals surface area contributed by atoms with E-state index in [1.54, 1.807) is 0 Å². The fraction of sp³-hybridized carbons (Fsp3) is 0.182. The quantitative estimate of drug-likeness (QED) is 0.772.